The van der Waals surface area contributed by atoms with Crippen LogP contribution in [-0.4, -0.2) is 26.1 Å². The molecule has 0 saturated carbocycles. The first-order valence-corrected chi connectivity index (χ1v) is 6.37. The average molecular weight is 212 g/mol. The quantitative estimate of drug-likeness (QED) is 0.605. The first-order valence-electron chi connectivity index (χ1n) is 4.11. The van der Waals surface area contributed by atoms with Crippen LogP contribution in [0.2, 0.25) is 0 Å². The van der Waals surface area contributed by atoms with Crippen LogP contribution in [0.3, 0.4) is 0 Å². The first kappa shape index (κ1) is 7.82. The van der Waals surface area contributed by atoms with E-state index in [1.807, 2.05) is 22.9 Å². The molecule has 13 heavy (non-hydrogen) atoms. The van der Waals surface area contributed by atoms with E-state index in [1.54, 1.807) is 5.41 Å². The van der Waals surface area contributed by atoms with Gasteiger partial charge in [0.1, 0.15) is 0 Å². The minimum atomic E-state index is -0.945. The van der Waals surface area contributed by atoms with Crippen LogP contribution in [0.15, 0.2) is 27.7 Å². The van der Waals surface area contributed by atoms with Crippen molar-refractivity contribution >= 4 is 28.3 Å². The normalized spacial score (nSPS) is 35.5. The molecule has 1 fully saturated rings. The Kier molecular flexibility index (Phi) is 1.63. The summed E-state index contributed by atoms with van der Waals surface area (Å²) in [6.07, 6.45) is 4.94. The second-order valence-corrected chi connectivity index (χ2v) is 5.54. The molecule has 3 heterocycles. The van der Waals surface area contributed by atoms with Crippen LogP contribution in [-0.2, 0) is 10.8 Å². The lowest BCUT2D eigenvalue weighted by atomic mass is 10.2. The number of aliphatic imine (C=N–C) groups is 1. The Bertz CT molecular complexity index is 372. The molecule has 0 aliphatic carbocycles. The Morgan fingerprint density at radius 3 is 3.54 bits per heavy atom. The van der Waals surface area contributed by atoms with Crippen LogP contribution in [0.25, 0.3) is 0 Å². The standard InChI is InChI=1S/C8H8N2OS2/c11-13-4-2-10-5-7-6(1-3-12-7)9-8(10)13/h2,4-5,8H,1,3H2. The van der Waals surface area contributed by atoms with Gasteiger partial charge in [-0.2, -0.15) is 0 Å². The lowest BCUT2D eigenvalue weighted by Crippen LogP contribution is -2.28. The molecule has 0 radical (unpaired) electrons. The molecule has 0 N–H and O–H groups in total. The maximum atomic E-state index is 11.4. The van der Waals surface area contributed by atoms with Gasteiger partial charge in [0, 0.05) is 28.5 Å². The summed E-state index contributed by atoms with van der Waals surface area (Å²) in [7, 11) is -0.945. The van der Waals surface area contributed by atoms with Gasteiger partial charge in [-0.3, -0.25) is 4.21 Å². The maximum absolute atomic E-state index is 11.4. The molecule has 3 rings (SSSR count). The fourth-order valence-electron chi connectivity index (χ4n) is 1.59. The summed E-state index contributed by atoms with van der Waals surface area (Å²) in [6, 6.07) is 0. The molecular weight excluding hydrogens is 204 g/mol. The average Bonchev–Trinajstić information content (AvgIpc) is 2.70. The van der Waals surface area contributed by atoms with Crippen LogP contribution in [0.4, 0.5) is 0 Å². The summed E-state index contributed by atoms with van der Waals surface area (Å²) in [6.45, 7) is 0. The number of hydrogen-bond acceptors (Lipinski definition) is 4. The fourth-order valence-corrected chi connectivity index (χ4v) is 3.63. The van der Waals surface area contributed by atoms with Crippen LogP contribution in [0.1, 0.15) is 6.42 Å². The van der Waals surface area contributed by atoms with Crippen molar-refractivity contribution in [3.05, 3.63) is 22.7 Å². The van der Waals surface area contributed by atoms with E-state index in [9.17, 15) is 4.21 Å². The maximum Gasteiger partial charge on any atom is 0.205 e. The lowest BCUT2D eigenvalue weighted by molar-refractivity contribution is 0.479. The minimum Gasteiger partial charge on any atom is -0.320 e. The molecule has 1 saturated heterocycles. The highest BCUT2D eigenvalue weighted by Gasteiger charge is 2.31. The lowest BCUT2D eigenvalue weighted by Gasteiger charge is -2.22. The van der Waals surface area contributed by atoms with Crippen molar-refractivity contribution in [1.82, 2.24) is 4.90 Å². The third-order valence-corrected chi connectivity index (χ3v) is 4.46. The Balaban J connectivity index is 2.04. The van der Waals surface area contributed by atoms with Gasteiger partial charge in [-0.1, -0.05) is 0 Å². The van der Waals surface area contributed by atoms with Gasteiger partial charge in [0.15, 0.2) is 0 Å². The van der Waals surface area contributed by atoms with E-state index in [-0.39, 0.29) is 5.50 Å². The van der Waals surface area contributed by atoms with E-state index in [0.29, 0.717) is 0 Å². The van der Waals surface area contributed by atoms with Gasteiger partial charge < -0.3 is 4.90 Å². The molecule has 0 bridgehead atoms. The van der Waals surface area contributed by atoms with Crippen molar-refractivity contribution in [2.45, 2.75) is 11.9 Å². The summed E-state index contributed by atoms with van der Waals surface area (Å²) in [5.41, 5.74) is 0.973. The molecule has 3 nitrogen and oxygen atoms in total. The number of rotatable bonds is 0. The molecule has 5 heteroatoms. The van der Waals surface area contributed by atoms with E-state index in [1.165, 1.54) is 4.91 Å². The van der Waals surface area contributed by atoms with Crippen molar-refractivity contribution in [3.8, 4) is 0 Å². The van der Waals surface area contributed by atoms with Gasteiger partial charge in [-0.15, -0.1) is 11.8 Å². The topological polar surface area (TPSA) is 32.7 Å². The molecule has 68 valence electrons. The van der Waals surface area contributed by atoms with Crippen molar-refractivity contribution in [2.75, 3.05) is 5.75 Å². The van der Waals surface area contributed by atoms with Crippen molar-refractivity contribution in [3.63, 3.8) is 0 Å². The molecule has 3 aliphatic rings. The molecule has 0 aromatic carbocycles. The number of fused-ring (bicyclic) bond motifs is 2. The second kappa shape index (κ2) is 2.72. The zero-order chi connectivity index (χ0) is 8.84. The molecule has 0 aromatic heterocycles. The Morgan fingerprint density at radius 1 is 1.69 bits per heavy atom. The summed E-state index contributed by atoms with van der Waals surface area (Å²) >= 11 is 1.83. The van der Waals surface area contributed by atoms with Gasteiger partial charge in [-0.05, 0) is 6.42 Å². The van der Waals surface area contributed by atoms with E-state index < -0.39 is 10.8 Å². The number of hydrogen-bond donors (Lipinski definition) is 0. The zero-order valence-corrected chi connectivity index (χ0v) is 8.48. The van der Waals surface area contributed by atoms with E-state index in [0.717, 1.165) is 17.9 Å². The third kappa shape index (κ3) is 1.10. The summed E-state index contributed by atoms with van der Waals surface area (Å²) in [5, 5.41) is 1.71. The highest BCUT2D eigenvalue weighted by atomic mass is 32.2. The smallest absolute Gasteiger partial charge is 0.205 e. The summed E-state index contributed by atoms with van der Waals surface area (Å²) in [5.74, 6) is 1.11. The predicted molar refractivity (Wildman–Crippen MR) is 55.5 cm³/mol. The molecule has 2 unspecified atom stereocenters. The largest absolute Gasteiger partial charge is 0.320 e. The van der Waals surface area contributed by atoms with Gasteiger partial charge in [0.2, 0.25) is 5.50 Å². The number of thioether (sulfide) groups is 1. The fraction of sp³-hybridized carbons (Fsp3) is 0.375. The highest BCUT2D eigenvalue weighted by Crippen LogP contribution is 2.34. The molecule has 3 aliphatic heterocycles. The third-order valence-electron chi connectivity index (χ3n) is 2.24. The van der Waals surface area contributed by atoms with Gasteiger partial charge in [-0.25, -0.2) is 4.99 Å². The van der Waals surface area contributed by atoms with Crippen LogP contribution >= 0.6 is 11.8 Å². The second-order valence-electron chi connectivity index (χ2n) is 3.05. The molecule has 2 atom stereocenters. The number of allylic oxidation sites excluding steroid dienone is 1. The Hall–Kier alpha value is -0.550. The van der Waals surface area contributed by atoms with E-state index in [2.05, 4.69) is 11.2 Å². The monoisotopic (exact) mass is 212 g/mol. The van der Waals surface area contributed by atoms with Gasteiger partial charge in [0.25, 0.3) is 0 Å². The minimum absolute atomic E-state index is 0.169. The van der Waals surface area contributed by atoms with E-state index in [4.69, 9.17) is 0 Å². The Morgan fingerprint density at radius 2 is 2.62 bits per heavy atom. The van der Waals surface area contributed by atoms with Crippen LogP contribution in [0, 0.1) is 0 Å². The SMILES string of the molecule is O=S1C=CN2C=C3SCCC3=NC21. The highest BCUT2D eigenvalue weighted by molar-refractivity contribution is 8.04. The molecule has 0 spiro atoms. The summed E-state index contributed by atoms with van der Waals surface area (Å²) in [4.78, 5) is 7.67. The van der Waals surface area contributed by atoms with Crippen molar-refractivity contribution in [1.29, 1.82) is 0 Å². The molecular formula is C8H8N2OS2. The summed E-state index contributed by atoms with van der Waals surface area (Å²) < 4.78 is 11.4. The van der Waals surface area contributed by atoms with Gasteiger partial charge in [0.05, 0.1) is 16.5 Å². The Labute approximate surface area is 83.0 Å². The van der Waals surface area contributed by atoms with Crippen LogP contribution in [0.5, 0.6) is 0 Å². The first-order chi connectivity index (χ1) is 6.34. The van der Waals surface area contributed by atoms with Crippen molar-refractivity contribution < 1.29 is 4.21 Å². The zero-order valence-electron chi connectivity index (χ0n) is 6.84. The van der Waals surface area contributed by atoms with E-state index >= 15 is 0 Å². The predicted octanol–water partition coefficient (Wildman–Crippen LogP) is 1.24. The molecule has 0 amide bonds. The number of nitrogens with zero attached hydrogens (tertiary/aromatic N) is 2. The van der Waals surface area contributed by atoms with Crippen molar-refractivity contribution in [2.24, 2.45) is 4.99 Å². The van der Waals surface area contributed by atoms with Crippen LogP contribution < -0.4 is 0 Å². The molecule has 0 aromatic rings. The van der Waals surface area contributed by atoms with Gasteiger partial charge >= 0.3 is 0 Å².